The number of aryl methyl sites for hydroxylation is 1. The third kappa shape index (κ3) is 3.27. The highest BCUT2D eigenvalue weighted by molar-refractivity contribution is 7.09. The maximum Gasteiger partial charge on any atom is 0.357 e. The molecule has 0 radical (unpaired) electrons. The number of aromatic nitrogens is 1. The Morgan fingerprint density at radius 1 is 1.71 bits per heavy atom. The monoisotopic (exact) mass is 233 g/mol. The van der Waals surface area contributed by atoms with E-state index in [1.165, 1.54) is 11.3 Å². The van der Waals surface area contributed by atoms with Crippen LogP contribution in [0.15, 0.2) is 5.38 Å². The average Bonchev–Trinajstić information content (AvgIpc) is 2.63. The van der Waals surface area contributed by atoms with Crippen molar-refractivity contribution in [1.29, 1.82) is 0 Å². The highest BCUT2D eigenvalue weighted by Crippen LogP contribution is 2.12. The van der Waals surface area contributed by atoms with E-state index < -0.39 is 0 Å². The first kappa shape index (κ1) is 11.5. The molecule has 1 heterocycles. The minimum absolute atomic E-state index is 0.346. The second-order valence-electron chi connectivity index (χ2n) is 2.64. The summed E-state index contributed by atoms with van der Waals surface area (Å²) in [6, 6.07) is 0. The number of thiazole rings is 1. The van der Waals surface area contributed by atoms with E-state index in [0.29, 0.717) is 18.2 Å². The highest BCUT2D eigenvalue weighted by Gasteiger charge is 2.10. The SMILES string of the molecule is CCOC(=O)c1csc(CCCCl)n1. The zero-order chi connectivity index (χ0) is 10.4. The molecule has 0 bridgehead atoms. The second kappa shape index (κ2) is 5.98. The lowest BCUT2D eigenvalue weighted by atomic mass is 10.3. The molecule has 1 rings (SSSR count). The molecule has 0 saturated heterocycles. The number of ether oxygens (including phenoxy) is 1. The molecule has 0 fully saturated rings. The Balaban J connectivity index is 2.54. The van der Waals surface area contributed by atoms with Gasteiger partial charge in [-0.15, -0.1) is 22.9 Å². The van der Waals surface area contributed by atoms with Crippen molar-refractivity contribution in [2.75, 3.05) is 12.5 Å². The highest BCUT2D eigenvalue weighted by atomic mass is 35.5. The third-order valence-electron chi connectivity index (χ3n) is 1.56. The van der Waals surface area contributed by atoms with Crippen LogP contribution in [-0.4, -0.2) is 23.4 Å². The van der Waals surface area contributed by atoms with Crippen molar-refractivity contribution in [3.05, 3.63) is 16.1 Å². The molecule has 0 unspecified atom stereocenters. The lowest BCUT2D eigenvalue weighted by Gasteiger charge is -1.96. The first-order valence-corrected chi connectivity index (χ1v) is 5.86. The minimum atomic E-state index is -0.346. The molecule has 3 nitrogen and oxygen atoms in total. The number of nitrogens with zero attached hydrogens (tertiary/aromatic N) is 1. The Morgan fingerprint density at radius 2 is 2.50 bits per heavy atom. The summed E-state index contributed by atoms with van der Waals surface area (Å²) in [6.45, 7) is 2.16. The average molecular weight is 234 g/mol. The maximum atomic E-state index is 11.2. The Kier molecular flexibility index (Phi) is 4.90. The van der Waals surface area contributed by atoms with Gasteiger partial charge in [-0.2, -0.15) is 0 Å². The molecule has 5 heteroatoms. The van der Waals surface area contributed by atoms with Crippen molar-refractivity contribution in [3.8, 4) is 0 Å². The summed E-state index contributed by atoms with van der Waals surface area (Å²) in [6.07, 6.45) is 1.71. The number of esters is 1. The lowest BCUT2D eigenvalue weighted by molar-refractivity contribution is 0.0520. The Labute approximate surface area is 92.1 Å². The molecular weight excluding hydrogens is 222 g/mol. The van der Waals surface area contributed by atoms with Gasteiger partial charge >= 0.3 is 5.97 Å². The van der Waals surface area contributed by atoms with Crippen molar-refractivity contribution >= 4 is 28.9 Å². The molecule has 0 amide bonds. The number of hydrogen-bond donors (Lipinski definition) is 0. The number of rotatable bonds is 5. The third-order valence-corrected chi connectivity index (χ3v) is 2.74. The van der Waals surface area contributed by atoms with E-state index in [9.17, 15) is 4.79 Å². The molecule has 1 aromatic rings. The summed E-state index contributed by atoms with van der Waals surface area (Å²) >= 11 is 7.03. The van der Waals surface area contributed by atoms with Crippen molar-refractivity contribution in [2.45, 2.75) is 19.8 Å². The zero-order valence-electron chi connectivity index (χ0n) is 7.96. The van der Waals surface area contributed by atoms with Crippen LogP contribution in [0, 0.1) is 0 Å². The quantitative estimate of drug-likeness (QED) is 0.580. The van der Waals surface area contributed by atoms with Crippen LogP contribution < -0.4 is 0 Å². The smallest absolute Gasteiger partial charge is 0.357 e. The van der Waals surface area contributed by atoms with E-state index in [1.54, 1.807) is 12.3 Å². The van der Waals surface area contributed by atoms with Gasteiger partial charge in [0.05, 0.1) is 11.6 Å². The summed E-state index contributed by atoms with van der Waals surface area (Å²) in [5.74, 6) is 0.273. The van der Waals surface area contributed by atoms with Gasteiger partial charge in [0.2, 0.25) is 0 Å². The fourth-order valence-electron chi connectivity index (χ4n) is 0.943. The van der Waals surface area contributed by atoms with Crippen LogP contribution in [0.25, 0.3) is 0 Å². The normalized spacial score (nSPS) is 10.1. The molecule has 0 aliphatic heterocycles. The minimum Gasteiger partial charge on any atom is -0.461 e. The number of hydrogen-bond acceptors (Lipinski definition) is 4. The second-order valence-corrected chi connectivity index (χ2v) is 3.96. The predicted molar refractivity (Wildman–Crippen MR) is 57.1 cm³/mol. The van der Waals surface area contributed by atoms with E-state index in [1.807, 2.05) is 0 Å². The standard InChI is InChI=1S/C9H12ClNO2S/c1-2-13-9(12)7-6-14-8(11-7)4-3-5-10/h6H,2-5H2,1H3. The molecule has 78 valence electrons. The fraction of sp³-hybridized carbons (Fsp3) is 0.556. The topological polar surface area (TPSA) is 39.2 Å². The summed E-state index contributed by atoms with van der Waals surface area (Å²) in [4.78, 5) is 15.4. The number of carbonyl (C=O) groups is 1. The molecule has 0 N–H and O–H groups in total. The van der Waals surface area contributed by atoms with Gasteiger partial charge in [-0.05, 0) is 13.3 Å². The molecule has 1 aromatic heterocycles. The molecule has 0 atom stereocenters. The Hall–Kier alpha value is -0.610. The molecular formula is C9H12ClNO2S. The van der Waals surface area contributed by atoms with Crippen molar-refractivity contribution in [2.24, 2.45) is 0 Å². The maximum absolute atomic E-state index is 11.2. The van der Waals surface area contributed by atoms with E-state index in [2.05, 4.69) is 4.98 Å². The lowest BCUT2D eigenvalue weighted by Crippen LogP contribution is -2.05. The predicted octanol–water partition coefficient (Wildman–Crippen LogP) is 2.49. The van der Waals surface area contributed by atoms with Crippen LogP contribution in [0.4, 0.5) is 0 Å². The van der Waals surface area contributed by atoms with Gasteiger partial charge in [0.15, 0.2) is 5.69 Å². The van der Waals surface area contributed by atoms with Crippen LogP contribution in [0.5, 0.6) is 0 Å². The van der Waals surface area contributed by atoms with Crippen LogP contribution in [0.3, 0.4) is 0 Å². The van der Waals surface area contributed by atoms with Gasteiger partial charge in [-0.1, -0.05) is 0 Å². The van der Waals surface area contributed by atoms with Crippen molar-refractivity contribution in [1.82, 2.24) is 4.98 Å². The van der Waals surface area contributed by atoms with Gasteiger partial charge < -0.3 is 4.74 Å². The van der Waals surface area contributed by atoms with Gasteiger partial charge in [0.25, 0.3) is 0 Å². The van der Waals surface area contributed by atoms with Gasteiger partial charge in [-0.3, -0.25) is 0 Å². The molecule has 0 spiro atoms. The summed E-state index contributed by atoms with van der Waals surface area (Å²) in [7, 11) is 0. The number of alkyl halides is 1. The van der Waals surface area contributed by atoms with E-state index in [4.69, 9.17) is 16.3 Å². The molecule has 0 aliphatic carbocycles. The Morgan fingerprint density at radius 3 is 3.14 bits per heavy atom. The van der Waals surface area contributed by atoms with E-state index >= 15 is 0 Å². The fourth-order valence-corrected chi connectivity index (χ4v) is 1.89. The van der Waals surface area contributed by atoms with Crippen molar-refractivity contribution in [3.63, 3.8) is 0 Å². The van der Waals surface area contributed by atoms with Crippen LogP contribution in [-0.2, 0) is 11.2 Å². The van der Waals surface area contributed by atoms with E-state index in [0.717, 1.165) is 17.8 Å². The summed E-state index contributed by atoms with van der Waals surface area (Å²) in [5.41, 5.74) is 0.404. The first-order chi connectivity index (χ1) is 6.77. The molecule has 0 aliphatic rings. The Bertz CT molecular complexity index is 301. The number of carbonyl (C=O) groups excluding carboxylic acids is 1. The largest absolute Gasteiger partial charge is 0.461 e. The van der Waals surface area contributed by atoms with Gasteiger partial charge in [-0.25, -0.2) is 9.78 Å². The zero-order valence-corrected chi connectivity index (χ0v) is 9.53. The summed E-state index contributed by atoms with van der Waals surface area (Å²) < 4.78 is 4.82. The summed E-state index contributed by atoms with van der Waals surface area (Å²) in [5, 5.41) is 2.66. The van der Waals surface area contributed by atoms with Crippen LogP contribution in [0.2, 0.25) is 0 Å². The van der Waals surface area contributed by atoms with Crippen LogP contribution in [0.1, 0.15) is 28.8 Å². The van der Waals surface area contributed by atoms with Gasteiger partial charge in [0, 0.05) is 17.7 Å². The molecule has 0 aromatic carbocycles. The van der Waals surface area contributed by atoms with E-state index in [-0.39, 0.29) is 5.97 Å². The number of halogens is 1. The van der Waals surface area contributed by atoms with Crippen LogP contribution >= 0.6 is 22.9 Å². The van der Waals surface area contributed by atoms with Gasteiger partial charge in [0.1, 0.15) is 0 Å². The molecule has 0 saturated carbocycles. The van der Waals surface area contributed by atoms with Crippen molar-refractivity contribution < 1.29 is 9.53 Å². The molecule has 14 heavy (non-hydrogen) atoms. The first-order valence-electron chi connectivity index (χ1n) is 4.45.